The SMILES string of the molecule is Cc1ccc(C)c2[nH]c(=O)c([C@H](c3nnnn3Cc3ccco3)N3CCN(C4CCCCC4)CC3)cc12. The van der Waals surface area contributed by atoms with E-state index in [1.165, 1.54) is 32.1 Å². The first-order valence-electron chi connectivity index (χ1n) is 13.5. The van der Waals surface area contributed by atoms with E-state index >= 15 is 0 Å². The Labute approximate surface area is 216 Å². The molecule has 4 aromatic rings. The molecular formula is C28H35N7O2. The van der Waals surface area contributed by atoms with Gasteiger partial charge in [0.1, 0.15) is 18.3 Å². The molecule has 37 heavy (non-hydrogen) atoms. The highest BCUT2D eigenvalue weighted by atomic mass is 16.3. The zero-order valence-electron chi connectivity index (χ0n) is 21.7. The molecule has 1 aliphatic heterocycles. The average Bonchev–Trinajstić information content (AvgIpc) is 3.61. The van der Waals surface area contributed by atoms with Gasteiger partial charge in [0.15, 0.2) is 5.82 Å². The molecule has 6 rings (SSSR count). The first-order chi connectivity index (χ1) is 18.1. The van der Waals surface area contributed by atoms with Gasteiger partial charge in [0.05, 0.1) is 11.8 Å². The van der Waals surface area contributed by atoms with Crippen molar-refractivity contribution in [2.45, 2.75) is 64.6 Å². The van der Waals surface area contributed by atoms with Crippen molar-refractivity contribution in [3.05, 3.63) is 75.2 Å². The molecule has 2 fully saturated rings. The Kier molecular flexibility index (Phi) is 6.65. The van der Waals surface area contributed by atoms with Crippen molar-refractivity contribution in [2.75, 3.05) is 26.2 Å². The average molecular weight is 502 g/mol. The number of aryl methyl sites for hydroxylation is 2. The molecule has 2 aliphatic rings. The molecule has 1 aliphatic carbocycles. The highest BCUT2D eigenvalue weighted by Gasteiger charge is 2.34. The van der Waals surface area contributed by atoms with Crippen LogP contribution in [0.2, 0.25) is 0 Å². The third kappa shape index (κ3) is 4.73. The molecule has 1 aromatic carbocycles. The molecule has 1 saturated heterocycles. The number of furan rings is 1. The highest BCUT2D eigenvalue weighted by molar-refractivity contribution is 5.85. The van der Waals surface area contributed by atoms with Crippen LogP contribution in [-0.4, -0.2) is 67.2 Å². The van der Waals surface area contributed by atoms with Crippen molar-refractivity contribution in [1.82, 2.24) is 35.0 Å². The number of nitrogens with one attached hydrogen (secondary N) is 1. The number of aromatic nitrogens is 5. The van der Waals surface area contributed by atoms with Gasteiger partial charge in [0.25, 0.3) is 5.56 Å². The lowest BCUT2D eigenvalue weighted by atomic mass is 9.93. The minimum absolute atomic E-state index is 0.0894. The molecule has 1 saturated carbocycles. The minimum atomic E-state index is -0.355. The van der Waals surface area contributed by atoms with Crippen LogP contribution in [-0.2, 0) is 6.54 Å². The van der Waals surface area contributed by atoms with Crippen LogP contribution in [0, 0.1) is 13.8 Å². The first-order valence-corrected chi connectivity index (χ1v) is 13.5. The standard InChI is InChI=1S/C28H35N7O2/c1-19-10-11-20(2)25-23(19)17-24(28(36)29-25)26(27-30-31-32-35(27)18-22-9-6-16-37-22)34-14-12-33(13-15-34)21-7-4-3-5-8-21/h6,9-11,16-17,21,26H,3-5,7-8,12-15,18H2,1-2H3,(H,29,36)/t26-/m1/s1. The molecule has 0 amide bonds. The Bertz CT molecular complexity index is 1410. The van der Waals surface area contributed by atoms with E-state index < -0.39 is 0 Å². The Hall–Kier alpha value is -3.30. The van der Waals surface area contributed by atoms with Crippen LogP contribution < -0.4 is 5.56 Å². The highest BCUT2D eigenvalue weighted by Crippen LogP contribution is 2.31. The number of rotatable bonds is 6. The van der Waals surface area contributed by atoms with Crippen LogP contribution in [0.3, 0.4) is 0 Å². The Morgan fingerprint density at radius 2 is 1.84 bits per heavy atom. The van der Waals surface area contributed by atoms with E-state index in [0.29, 0.717) is 24.0 Å². The quantitative estimate of drug-likeness (QED) is 0.429. The summed E-state index contributed by atoms with van der Waals surface area (Å²) in [4.78, 5) is 21.8. The lowest BCUT2D eigenvalue weighted by Crippen LogP contribution is -2.52. The fourth-order valence-electron chi connectivity index (χ4n) is 6.17. The van der Waals surface area contributed by atoms with Gasteiger partial charge in [-0.3, -0.25) is 14.6 Å². The topological polar surface area (TPSA) is 96.1 Å². The van der Waals surface area contributed by atoms with E-state index in [1.54, 1.807) is 10.9 Å². The van der Waals surface area contributed by atoms with E-state index in [2.05, 4.69) is 55.4 Å². The zero-order chi connectivity index (χ0) is 25.4. The molecule has 1 atom stereocenters. The summed E-state index contributed by atoms with van der Waals surface area (Å²) < 4.78 is 7.35. The van der Waals surface area contributed by atoms with Gasteiger partial charge in [-0.1, -0.05) is 31.4 Å². The fourth-order valence-corrected chi connectivity index (χ4v) is 6.17. The molecule has 0 spiro atoms. The van der Waals surface area contributed by atoms with Gasteiger partial charge in [0, 0.05) is 43.2 Å². The van der Waals surface area contributed by atoms with E-state index in [1.807, 2.05) is 19.1 Å². The second kappa shape index (κ2) is 10.2. The van der Waals surface area contributed by atoms with Crippen molar-refractivity contribution in [3.63, 3.8) is 0 Å². The smallest absolute Gasteiger partial charge is 0.253 e. The van der Waals surface area contributed by atoms with Gasteiger partial charge in [-0.15, -0.1) is 5.10 Å². The number of piperazine rings is 1. The Morgan fingerprint density at radius 1 is 1.05 bits per heavy atom. The third-order valence-corrected chi connectivity index (χ3v) is 8.26. The number of fused-ring (bicyclic) bond motifs is 1. The summed E-state index contributed by atoms with van der Waals surface area (Å²) in [7, 11) is 0. The van der Waals surface area contributed by atoms with Gasteiger partial charge in [-0.05, 0) is 66.4 Å². The molecule has 4 heterocycles. The predicted molar refractivity (Wildman–Crippen MR) is 142 cm³/mol. The van der Waals surface area contributed by atoms with E-state index in [-0.39, 0.29) is 11.6 Å². The number of hydrogen-bond acceptors (Lipinski definition) is 7. The number of tetrazole rings is 1. The van der Waals surface area contributed by atoms with E-state index in [4.69, 9.17) is 4.42 Å². The minimum Gasteiger partial charge on any atom is -0.467 e. The number of nitrogens with zero attached hydrogens (tertiary/aromatic N) is 6. The summed E-state index contributed by atoms with van der Waals surface area (Å²) in [6.45, 7) is 8.23. The number of aromatic amines is 1. The number of H-pyrrole nitrogens is 1. The lowest BCUT2D eigenvalue weighted by molar-refractivity contribution is 0.0617. The first kappa shape index (κ1) is 24.1. The molecule has 0 bridgehead atoms. The van der Waals surface area contributed by atoms with Gasteiger partial charge in [0.2, 0.25) is 0 Å². The van der Waals surface area contributed by atoms with E-state index in [0.717, 1.165) is 54.0 Å². The van der Waals surface area contributed by atoms with Gasteiger partial charge in [-0.25, -0.2) is 4.68 Å². The molecule has 0 radical (unpaired) electrons. The lowest BCUT2D eigenvalue weighted by Gasteiger charge is -2.43. The van der Waals surface area contributed by atoms with E-state index in [9.17, 15) is 4.79 Å². The van der Waals surface area contributed by atoms with Crippen molar-refractivity contribution in [2.24, 2.45) is 0 Å². The maximum absolute atomic E-state index is 13.6. The maximum Gasteiger partial charge on any atom is 0.253 e. The summed E-state index contributed by atoms with van der Waals surface area (Å²) in [5.41, 5.74) is 3.68. The van der Waals surface area contributed by atoms with Gasteiger partial charge >= 0.3 is 0 Å². The van der Waals surface area contributed by atoms with Crippen LogP contribution in [0.5, 0.6) is 0 Å². The summed E-state index contributed by atoms with van der Waals surface area (Å²) in [6.07, 6.45) is 8.28. The maximum atomic E-state index is 13.6. The zero-order valence-corrected chi connectivity index (χ0v) is 21.7. The number of benzene rings is 1. The summed E-state index contributed by atoms with van der Waals surface area (Å²) in [5, 5.41) is 13.8. The summed E-state index contributed by atoms with van der Waals surface area (Å²) >= 11 is 0. The Morgan fingerprint density at radius 3 is 2.59 bits per heavy atom. The van der Waals surface area contributed by atoms with Crippen LogP contribution in [0.4, 0.5) is 0 Å². The summed E-state index contributed by atoms with van der Waals surface area (Å²) in [5.74, 6) is 1.44. The molecule has 9 nitrogen and oxygen atoms in total. The van der Waals surface area contributed by atoms with Crippen LogP contribution >= 0.6 is 0 Å². The monoisotopic (exact) mass is 501 g/mol. The molecule has 0 unspecified atom stereocenters. The predicted octanol–water partition coefficient (Wildman–Crippen LogP) is 3.81. The summed E-state index contributed by atoms with van der Waals surface area (Å²) in [6, 6.07) is 10.3. The van der Waals surface area contributed by atoms with Crippen molar-refractivity contribution >= 4 is 10.9 Å². The molecule has 9 heteroatoms. The fraction of sp³-hybridized carbons (Fsp3) is 0.500. The molecule has 194 valence electrons. The van der Waals surface area contributed by atoms with Gasteiger partial charge < -0.3 is 9.40 Å². The van der Waals surface area contributed by atoms with Crippen LogP contribution in [0.1, 0.15) is 66.4 Å². The molecule has 1 N–H and O–H groups in total. The normalized spacial score (nSPS) is 19.0. The number of hydrogen-bond donors (Lipinski definition) is 1. The number of pyridine rings is 1. The van der Waals surface area contributed by atoms with Crippen molar-refractivity contribution in [3.8, 4) is 0 Å². The second-order valence-corrected chi connectivity index (χ2v) is 10.6. The second-order valence-electron chi connectivity index (χ2n) is 10.6. The Balaban J connectivity index is 1.39. The van der Waals surface area contributed by atoms with Gasteiger partial charge in [-0.2, -0.15) is 0 Å². The molecular weight excluding hydrogens is 466 g/mol. The van der Waals surface area contributed by atoms with Crippen molar-refractivity contribution in [1.29, 1.82) is 0 Å². The van der Waals surface area contributed by atoms with Crippen LogP contribution in [0.15, 0.2) is 45.8 Å². The molecule has 3 aromatic heterocycles. The van der Waals surface area contributed by atoms with Crippen LogP contribution in [0.25, 0.3) is 10.9 Å². The third-order valence-electron chi connectivity index (χ3n) is 8.26. The van der Waals surface area contributed by atoms with Crippen molar-refractivity contribution < 1.29 is 4.42 Å². The largest absolute Gasteiger partial charge is 0.467 e.